The predicted molar refractivity (Wildman–Crippen MR) is 122 cm³/mol. The third-order valence-electron chi connectivity index (χ3n) is 5.81. The second-order valence-corrected chi connectivity index (χ2v) is 8.13. The van der Waals surface area contributed by atoms with Gasteiger partial charge in [-0.25, -0.2) is 0 Å². The van der Waals surface area contributed by atoms with Gasteiger partial charge >= 0.3 is 0 Å². The molecule has 32 heavy (non-hydrogen) atoms. The van der Waals surface area contributed by atoms with E-state index in [1.54, 1.807) is 29.4 Å². The Bertz CT molecular complexity index is 1170. The van der Waals surface area contributed by atoms with E-state index >= 15 is 0 Å². The summed E-state index contributed by atoms with van der Waals surface area (Å²) in [7, 11) is 0. The summed E-state index contributed by atoms with van der Waals surface area (Å²) in [4.78, 5) is 46.5. The lowest BCUT2D eigenvalue weighted by molar-refractivity contribution is -0.126. The number of pyridine rings is 2. The molecule has 1 aliphatic heterocycles. The van der Waals surface area contributed by atoms with Crippen molar-refractivity contribution in [3.8, 4) is 11.3 Å². The van der Waals surface area contributed by atoms with Crippen LogP contribution in [0.1, 0.15) is 34.3 Å². The summed E-state index contributed by atoms with van der Waals surface area (Å²) in [5, 5.41) is 2.94. The highest BCUT2D eigenvalue weighted by Crippen LogP contribution is 2.20. The molecule has 0 radical (unpaired) electrons. The van der Waals surface area contributed by atoms with E-state index in [-0.39, 0.29) is 23.3 Å². The minimum atomic E-state index is -0.398. The van der Waals surface area contributed by atoms with Crippen molar-refractivity contribution < 1.29 is 9.59 Å². The standard InChI is InChI=1S/C25H26N4O3/c1-17-4-2-6-20(14-17)22-8-7-21(24(31)28-22)25(32)29-12-9-19(10-13-29)23(30)27-16-18-5-3-11-26-15-18/h2-8,11,14-15,19H,9-10,12-13,16H2,1H3,(H,27,30)(H,28,31). The summed E-state index contributed by atoms with van der Waals surface area (Å²) in [6, 6.07) is 14.9. The molecule has 7 heteroatoms. The van der Waals surface area contributed by atoms with Crippen molar-refractivity contribution in [3.63, 3.8) is 0 Å². The Morgan fingerprint density at radius 3 is 2.62 bits per heavy atom. The summed E-state index contributed by atoms with van der Waals surface area (Å²) < 4.78 is 0. The van der Waals surface area contributed by atoms with Crippen molar-refractivity contribution in [3.05, 3.63) is 88.0 Å². The van der Waals surface area contributed by atoms with E-state index in [0.29, 0.717) is 38.2 Å². The van der Waals surface area contributed by atoms with Crippen LogP contribution in [0, 0.1) is 12.8 Å². The van der Waals surface area contributed by atoms with Crippen LogP contribution >= 0.6 is 0 Å². The number of carbonyl (C=O) groups is 2. The number of hydrogen-bond donors (Lipinski definition) is 2. The van der Waals surface area contributed by atoms with Gasteiger partial charge in [-0.05, 0) is 55.2 Å². The fraction of sp³-hybridized carbons (Fsp3) is 0.280. The predicted octanol–water partition coefficient (Wildman–Crippen LogP) is 2.91. The highest BCUT2D eigenvalue weighted by molar-refractivity contribution is 5.94. The summed E-state index contributed by atoms with van der Waals surface area (Å²) in [6.45, 7) is 3.32. The number of piperidine rings is 1. The van der Waals surface area contributed by atoms with Gasteiger partial charge in [0.15, 0.2) is 0 Å². The maximum Gasteiger partial charge on any atom is 0.261 e. The van der Waals surface area contributed by atoms with Gasteiger partial charge in [-0.15, -0.1) is 0 Å². The van der Waals surface area contributed by atoms with E-state index in [1.165, 1.54) is 0 Å². The molecule has 1 aromatic carbocycles. The second-order valence-electron chi connectivity index (χ2n) is 8.13. The number of nitrogens with one attached hydrogen (secondary N) is 2. The number of nitrogens with zero attached hydrogens (tertiary/aromatic N) is 2. The van der Waals surface area contributed by atoms with E-state index < -0.39 is 5.56 Å². The minimum Gasteiger partial charge on any atom is -0.352 e. The number of aryl methyl sites for hydroxylation is 1. The second kappa shape index (κ2) is 9.60. The maximum atomic E-state index is 12.9. The molecule has 1 saturated heterocycles. The zero-order valence-electron chi connectivity index (χ0n) is 18.0. The van der Waals surface area contributed by atoms with Crippen LogP contribution in [0.25, 0.3) is 11.3 Å². The maximum absolute atomic E-state index is 12.9. The summed E-state index contributed by atoms with van der Waals surface area (Å²) in [6.07, 6.45) is 4.57. The van der Waals surface area contributed by atoms with Gasteiger partial charge in [0.2, 0.25) is 5.91 Å². The fourth-order valence-corrected chi connectivity index (χ4v) is 3.97. The van der Waals surface area contributed by atoms with Crippen molar-refractivity contribution in [1.29, 1.82) is 0 Å². The SMILES string of the molecule is Cc1cccc(-c2ccc(C(=O)N3CCC(C(=O)NCc4cccnc4)CC3)c(=O)[nH]2)c1. The molecule has 164 valence electrons. The normalized spacial score (nSPS) is 14.2. The number of rotatable bonds is 5. The van der Waals surface area contributed by atoms with Gasteiger partial charge in [-0.3, -0.25) is 19.4 Å². The third kappa shape index (κ3) is 4.94. The van der Waals surface area contributed by atoms with Crippen LogP contribution < -0.4 is 10.9 Å². The van der Waals surface area contributed by atoms with Crippen molar-refractivity contribution >= 4 is 11.8 Å². The first-order valence-electron chi connectivity index (χ1n) is 10.8. The largest absolute Gasteiger partial charge is 0.352 e. The number of amides is 2. The first-order valence-corrected chi connectivity index (χ1v) is 10.8. The molecule has 1 aliphatic rings. The Labute approximate surface area is 186 Å². The monoisotopic (exact) mass is 430 g/mol. The Kier molecular flexibility index (Phi) is 6.44. The van der Waals surface area contributed by atoms with Gasteiger partial charge in [-0.1, -0.05) is 29.8 Å². The molecule has 7 nitrogen and oxygen atoms in total. The van der Waals surface area contributed by atoms with Crippen molar-refractivity contribution in [2.45, 2.75) is 26.3 Å². The van der Waals surface area contributed by atoms with Crippen LogP contribution in [0.5, 0.6) is 0 Å². The lowest BCUT2D eigenvalue weighted by Gasteiger charge is -2.31. The van der Waals surface area contributed by atoms with Gasteiger partial charge < -0.3 is 15.2 Å². The number of likely N-dealkylation sites (tertiary alicyclic amines) is 1. The quantitative estimate of drug-likeness (QED) is 0.651. The zero-order chi connectivity index (χ0) is 22.5. The topological polar surface area (TPSA) is 95.2 Å². The van der Waals surface area contributed by atoms with E-state index in [0.717, 1.165) is 16.7 Å². The van der Waals surface area contributed by atoms with Crippen LogP contribution in [0.2, 0.25) is 0 Å². The number of hydrogen-bond acceptors (Lipinski definition) is 4. The van der Waals surface area contributed by atoms with Crippen LogP contribution in [0.4, 0.5) is 0 Å². The molecule has 4 rings (SSSR count). The van der Waals surface area contributed by atoms with E-state index in [4.69, 9.17) is 0 Å². The zero-order valence-corrected chi connectivity index (χ0v) is 18.0. The molecule has 0 unspecified atom stereocenters. The van der Waals surface area contributed by atoms with Gasteiger partial charge in [0.25, 0.3) is 11.5 Å². The lowest BCUT2D eigenvalue weighted by atomic mass is 9.95. The van der Waals surface area contributed by atoms with Crippen LogP contribution in [-0.2, 0) is 11.3 Å². The van der Waals surface area contributed by atoms with E-state index in [2.05, 4.69) is 15.3 Å². The first-order chi connectivity index (χ1) is 15.5. The molecule has 3 heterocycles. The number of aromatic amines is 1. The van der Waals surface area contributed by atoms with Crippen LogP contribution in [-0.4, -0.2) is 39.8 Å². The summed E-state index contributed by atoms with van der Waals surface area (Å²) in [5.74, 6) is -0.449. The van der Waals surface area contributed by atoms with Gasteiger partial charge in [0.05, 0.1) is 0 Å². The van der Waals surface area contributed by atoms with Crippen LogP contribution in [0.15, 0.2) is 65.7 Å². The van der Waals surface area contributed by atoms with Crippen molar-refractivity contribution in [2.24, 2.45) is 5.92 Å². The molecule has 1 fully saturated rings. The smallest absolute Gasteiger partial charge is 0.261 e. The molecule has 3 aromatic rings. The van der Waals surface area contributed by atoms with E-state index in [1.807, 2.05) is 43.3 Å². The highest BCUT2D eigenvalue weighted by atomic mass is 16.2. The molecule has 2 amide bonds. The van der Waals surface area contributed by atoms with Crippen molar-refractivity contribution in [1.82, 2.24) is 20.2 Å². The molecule has 0 bridgehead atoms. The average Bonchev–Trinajstić information content (AvgIpc) is 2.83. The molecule has 0 aliphatic carbocycles. The minimum absolute atomic E-state index is 0.0127. The summed E-state index contributed by atoms with van der Waals surface area (Å²) >= 11 is 0. The Morgan fingerprint density at radius 2 is 1.94 bits per heavy atom. The molecule has 0 atom stereocenters. The Morgan fingerprint density at radius 1 is 1.12 bits per heavy atom. The van der Waals surface area contributed by atoms with Gasteiger partial charge in [0, 0.05) is 43.6 Å². The first kappa shape index (κ1) is 21.5. The number of benzene rings is 1. The fourth-order valence-electron chi connectivity index (χ4n) is 3.97. The Balaban J connectivity index is 1.35. The average molecular weight is 431 g/mol. The van der Waals surface area contributed by atoms with Gasteiger partial charge in [0.1, 0.15) is 5.56 Å². The molecular weight excluding hydrogens is 404 g/mol. The van der Waals surface area contributed by atoms with Crippen molar-refractivity contribution in [2.75, 3.05) is 13.1 Å². The van der Waals surface area contributed by atoms with E-state index in [9.17, 15) is 14.4 Å². The third-order valence-corrected chi connectivity index (χ3v) is 5.81. The molecule has 0 spiro atoms. The molecule has 2 N–H and O–H groups in total. The number of H-pyrrole nitrogens is 1. The molecular formula is C25H26N4O3. The highest BCUT2D eigenvalue weighted by Gasteiger charge is 2.28. The van der Waals surface area contributed by atoms with Crippen LogP contribution in [0.3, 0.4) is 0 Å². The lowest BCUT2D eigenvalue weighted by Crippen LogP contribution is -2.44. The Hall–Kier alpha value is -3.74. The summed E-state index contributed by atoms with van der Waals surface area (Å²) in [5.41, 5.74) is 3.35. The molecule has 0 saturated carbocycles. The number of carbonyl (C=O) groups excluding carboxylic acids is 2. The molecule has 2 aromatic heterocycles. The van der Waals surface area contributed by atoms with Gasteiger partial charge in [-0.2, -0.15) is 0 Å². The number of aromatic nitrogens is 2.